The molecule has 1 N–H and O–H groups in total. The number of anilines is 1. The second-order valence-electron chi connectivity index (χ2n) is 9.33. The van der Waals surface area contributed by atoms with Crippen molar-refractivity contribution >= 4 is 39.5 Å². The van der Waals surface area contributed by atoms with E-state index in [0.717, 1.165) is 55.7 Å². The molecule has 1 aromatic carbocycles. The lowest BCUT2D eigenvalue weighted by Crippen LogP contribution is -2.41. The van der Waals surface area contributed by atoms with Crippen molar-refractivity contribution in [2.45, 2.75) is 38.9 Å². The maximum atomic E-state index is 10.1. The standard InChI is InChI=1S/C23H26ClN7O2/c1-14-9-23(13-33-14)5-7-30(8-6-23)21-17(12-32)28-22-16(27-21)11-26-31(22)18-4-3-15-10-25-29(2)20(15)19(18)24/h3-4,10-11,14,32H,5-9,12-13H2,1-2H3/t14-/m0/s1. The number of aryl methyl sites for hydroxylation is 1. The molecule has 2 aliphatic rings. The van der Waals surface area contributed by atoms with E-state index in [4.69, 9.17) is 26.3 Å². The molecule has 3 aromatic heterocycles. The minimum atomic E-state index is -0.195. The van der Waals surface area contributed by atoms with Crippen LogP contribution in [0, 0.1) is 5.41 Å². The van der Waals surface area contributed by atoms with E-state index >= 15 is 0 Å². The summed E-state index contributed by atoms with van der Waals surface area (Å²) in [5.74, 6) is 0.736. The van der Waals surface area contributed by atoms with Gasteiger partial charge in [-0.05, 0) is 43.7 Å². The van der Waals surface area contributed by atoms with Crippen molar-refractivity contribution in [2.24, 2.45) is 12.5 Å². The maximum absolute atomic E-state index is 10.1. The molecule has 6 rings (SSSR count). The van der Waals surface area contributed by atoms with Crippen LogP contribution in [0.25, 0.3) is 27.8 Å². The Labute approximate surface area is 195 Å². The van der Waals surface area contributed by atoms with Crippen molar-refractivity contribution in [3.8, 4) is 5.69 Å². The minimum Gasteiger partial charge on any atom is -0.390 e. The number of aromatic nitrogens is 6. The smallest absolute Gasteiger partial charge is 0.182 e. The van der Waals surface area contributed by atoms with Gasteiger partial charge in [-0.25, -0.2) is 14.6 Å². The first kappa shape index (κ1) is 20.8. The number of fused-ring (bicyclic) bond motifs is 2. The zero-order chi connectivity index (χ0) is 22.7. The van der Waals surface area contributed by atoms with Gasteiger partial charge in [0, 0.05) is 25.5 Å². The van der Waals surface area contributed by atoms with Gasteiger partial charge in [0.1, 0.15) is 11.2 Å². The fourth-order valence-electron chi connectivity index (χ4n) is 5.37. The first-order valence-corrected chi connectivity index (χ1v) is 11.7. The highest BCUT2D eigenvalue weighted by atomic mass is 35.5. The lowest BCUT2D eigenvalue weighted by atomic mass is 9.77. The van der Waals surface area contributed by atoms with Crippen LogP contribution in [0.3, 0.4) is 0 Å². The average Bonchev–Trinajstić information content (AvgIpc) is 3.51. The van der Waals surface area contributed by atoms with Crippen LogP contribution in [0.4, 0.5) is 5.82 Å². The Bertz CT molecular complexity index is 1360. The summed E-state index contributed by atoms with van der Waals surface area (Å²) < 4.78 is 9.29. The number of piperidine rings is 1. The molecule has 9 nitrogen and oxygen atoms in total. The summed E-state index contributed by atoms with van der Waals surface area (Å²) in [5, 5.41) is 20.5. The lowest BCUT2D eigenvalue weighted by molar-refractivity contribution is 0.0975. The summed E-state index contributed by atoms with van der Waals surface area (Å²) in [4.78, 5) is 11.9. The van der Waals surface area contributed by atoms with Crippen molar-refractivity contribution in [1.29, 1.82) is 0 Å². The van der Waals surface area contributed by atoms with E-state index < -0.39 is 0 Å². The summed E-state index contributed by atoms with van der Waals surface area (Å²) in [6.45, 7) is 4.55. The van der Waals surface area contributed by atoms with Crippen molar-refractivity contribution in [1.82, 2.24) is 29.5 Å². The molecular formula is C23H26ClN7O2. The number of nitrogens with zero attached hydrogens (tertiary/aromatic N) is 7. The molecule has 0 aliphatic carbocycles. The number of rotatable bonds is 3. The average molecular weight is 468 g/mol. The van der Waals surface area contributed by atoms with Crippen LogP contribution in [0.5, 0.6) is 0 Å². The summed E-state index contributed by atoms with van der Waals surface area (Å²) in [6, 6.07) is 3.87. The fraction of sp³-hybridized carbons (Fsp3) is 0.478. The van der Waals surface area contributed by atoms with E-state index in [-0.39, 0.29) is 12.0 Å². The van der Waals surface area contributed by atoms with Gasteiger partial charge in [-0.1, -0.05) is 11.6 Å². The quantitative estimate of drug-likeness (QED) is 0.494. The minimum absolute atomic E-state index is 0.195. The zero-order valence-electron chi connectivity index (χ0n) is 18.7. The van der Waals surface area contributed by atoms with E-state index in [1.54, 1.807) is 21.8 Å². The van der Waals surface area contributed by atoms with Gasteiger partial charge >= 0.3 is 0 Å². The molecule has 172 valence electrons. The topological polar surface area (TPSA) is 94.1 Å². The van der Waals surface area contributed by atoms with Crippen LogP contribution >= 0.6 is 11.6 Å². The first-order valence-electron chi connectivity index (χ1n) is 11.3. The lowest BCUT2D eigenvalue weighted by Gasteiger charge is -2.39. The third kappa shape index (κ3) is 3.29. The molecule has 0 radical (unpaired) electrons. The van der Waals surface area contributed by atoms with Gasteiger partial charge in [0.2, 0.25) is 0 Å². The SMILES string of the molecule is C[C@H]1CC2(CCN(c3nc4cnn(-c5ccc6cnn(C)c6c5Cl)c4nc3CO)CC2)CO1. The van der Waals surface area contributed by atoms with Crippen molar-refractivity contribution in [3.63, 3.8) is 0 Å². The number of hydrogen-bond acceptors (Lipinski definition) is 7. The molecule has 2 fully saturated rings. The van der Waals surface area contributed by atoms with Crippen LogP contribution < -0.4 is 4.90 Å². The largest absolute Gasteiger partial charge is 0.390 e. The third-order valence-electron chi connectivity index (χ3n) is 7.17. The first-order chi connectivity index (χ1) is 16.0. The number of halogens is 1. The highest BCUT2D eigenvalue weighted by Crippen LogP contribution is 2.43. The van der Waals surface area contributed by atoms with E-state index in [1.165, 1.54) is 0 Å². The van der Waals surface area contributed by atoms with Crippen LogP contribution in [0.15, 0.2) is 24.5 Å². The molecule has 0 bridgehead atoms. The number of ether oxygens (including phenoxy) is 1. The second-order valence-corrected chi connectivity index (χ2v) is 9.71. The van der Waals surface area contributed by atoms with Crippen LogP contribution in [0.2, 0.25) is 5.02 Å². The van der Waals surface area contributed by atoms with Crippen molar-refractivity contribution in [2.75, 3.05) is 24.6 Å². The number of hydrogen-bond donors (Lipinski definition) is 1. The predicted octanol–water partition coefficient (Wildman–Crippen LogP) is 3.24. The van der Waals surface area contributed by atoms with Gasteiger partial charge in [-0.3, -0.25) is 4.68 Å². The number of aliphatic hydroxyl groups is 1. The molecule has 5 heterocycles. The molecule has 2 aliphatic heterocycles. The molecular weight excluding hydrogens is 442 g/mol. The van der Waals surface area contributed by atoms with Gasteiger partial charge in [-0.15, -0.1) is 0 Å². The van der Waals surface area contributed by atoms with Gasteiger partial charge in [0.25, 0.3) is 0 Å². The highest BCUT2D eigenvalue weighted by molar-refractivity contribution is 6.37. The van der Waals surface area contributed by atoms with E-state index in [1.807, 2.05) is 19.2 Å². The zero-order valence-corrected chi connectivity index (χ0v) is 19.5. The molecule has 10 heteroatoms. The van der Waals surface area contributed by atoms with Gasteiger partial charge in [0.05, 0.1) is 47.9 Å². The van der Waals surface area contributed by atoms with Gasteiger partial charge in [-0.2, -0.15) is 10.2 Å². The Morgan fingerprint density at radius 3 is 2.73 bits per heavy atom. The highest BCUT2D eigenvalue weighted by Gasteiger charge is 2.41. The summed E-state index contributed by atoms with van der Waals surface area (Å²) in [5.41, 5.74) is 3.59. The Morgan fingerprint density at radius 2 is 2.00 bits per heavy atom. The van der Waals surface area contributed by atoms with Crippen molar-refractivity contribution < 1.29 is 9.84 Å². The molecule has 33 heavy (non-hydrogen) atoms. The summed E-state index contributed by atoms with van der Waals surface area (Å²) >= 11 is 6.74. The molecule has 1 atom stereocenters. The van der Waals surface area contributed by atoms with Gasteiger partial charge < -0.3 is 14.7 Å². The molecule has 0 saturated carbocycles. The number of benzene rings is 1. The van der Waals surface area contributed by atoms with Gasteiger partial charge in [0.15, 0.2) is 11.5 Å². The molecule has 1 spiro atoms. The van der Waals surface area contributed by atoms with E-state index in [2.05, 4.69) is 22.0 Å². The summed E-state index contributed by atoms with van der Waals surface area (Å²) in [6.07, 6.45) is 7.05. The Kier molecular flexibility index (Phi) is 4.83. The van der Waals surface area contributed by atoms with Crippen LogP contribution in [-0.4, -0.2) is 60.4 Å². The second kappa shape index (κ2) is 7.65. The predicted molar refractivity (Wildman–Crippen MR) is 126 cm³/mol. The summed E-state index contributed by atoms with van der Waals surface area (Å²) in [7, 11) is 1.86. The number of aliphatic hydroxyl groups excluding tert-OH is 1. The van der Waals surface area contributed by atoms with Crippen LogP contribution in [0.1, 0.15) is 31.9 Å². The fourth-order valence-corrected chi connectivity index (χ4v) is 5.74. The molecule has 0 amide bonds. The molecule has 4 aromatic rings. The van der Waals surface area contributed by atoms with E-state index in [9.17, 15) is 5.11 Å². The molecule has 0 unspecified atom stereocenters. The monoisotopic (exact) mass is 467 g/mol. The Hall–Kier alpha value is -2.75. The van der Waals surface area contributed by atoms with Crippen molar-refractivity contribution in [3.05, 3.63) is 35.2 Å². The maximum Gasteiger partial charge on any atom is 0.182 e. The normalized spacial score (nSPS) is 20.5. The Balaban J connectivity index is 1.37. The molecule has 2 saturated heterocycles. The van der Waals surface area contributed by atoms with Crippen LogP contribution in [-0.2, 0) is 18.4 Å². The van der Waals surface area contributed by atoms with E-state index in [0.29, 0.717) is 33.7 Å². The third-order valence-corrected chi connectivity index (χ3v) is 7.54. The Morgan fingerprint density at radius 1 is 1.18 bits per heavy atom.